The fraction of sp³-hybridized carbons (Fsp3) is 0.455. The van der Waals surface area contributed by atoms with Crippen molar-refractivity contribution in [3.8, 4) is 23.0 Å². The summed E-state index contributed by atoms with van der Waals surface area (Å²) in [6.45, 7) is 0.472. The number of ether oxygens (including phenoxy) is 5. The van der Waals surface area contributed by atoms with Crippen LogP contribution in [-0.2, 0) is 20.6 Å². The molecule has 0 aliphatic carbocycles. The Balaban J connectivity index is 1.89. The Morgan fingerprint density at radius 2 is 1.62 bits per heavy atom. The minimum atomic E-state index is -0.378. The lowest BCUT2D eigenvalue weighted by atomic mass is 9.82. The van der Waals surface area contributed by atoms with Crippen molar-refractivity contribution < 1.29 is 33.9 Å². The van der Waals surface area contributed by atoms with Crippen LogP contribution in [0.25, 0.3) is 0 Å². The summed E-state index contributed by atoms with van der Waals surface area (Å²) < 4.78 is 27.8. The van der Waals surface area contributed by atoms with Gasteiger partial charge < -0.3 is 33.9 Å². The van der Waals surface area contributed by atoms with Gasteiger partial charge in [-0.25, -0.2) is 0 Å². The molecule has 1 fully saturated rings. The van der Waals surface area contributed by atoms with Crippen molar-refractivity contribution in [1.82, 2.24) is 0 Å². The van der Waals surface area contributed by atoms with Gasteiger partial charge in [-0.3, -0.25) is 0 Å². The van der Waals surface area contributed by atoms with Crippen molar-refractivity contribution in [3.05, 3.63) is 47.5 Å². The Morgan fingerprint density at radius 1 is 0.966 bits per heavy atom. The second kappa shape index (κ2) is 9.35. The average Bonchev–Trinajstić information content (AvgIpc) is 3.13. The van der Waals surface area contributed by atoms with E-state index < -0.39 is 0 Å². The zero-order valence-corrected chi connectivity index (χ0v) is 17.1. The van der Waals surface area contributed by atoms with Crippen LogP contribution in [-0.4, -0.2) is 51.5 Å². The van der Waals surface area contributed by atoms with Crippen molar-refractivity contribution in [1.29, 1.82) is 0 Å². The van der Waals surface area contributed by atoms with Gasteiger partial charge in [-0.1, -0.05) is 12.1 Å². The number of methoxy groups -OCH3 is 4. The van der Waals surface area contributed by atoms with Gasteiger partial charge in [-0.05, 0) is 41.8 Å². The lowest BCUT2D eigenvalue weighted by Crippen LogP contribution is -2.29. The number of phenolic OH excluding ortho intramolecular Hbond substituents is 2. The summed E-state index contributed by atoms with van der Waals surface area (Å²) in [5.41, 5.74) is 1.89. The highest BCUT2D eigenvalue weighted by Gasteiger charge is 2.42. The largest absolute Gasteiger partial charge is 0.504 e. The molecule has 4 atom stereocenters. The van der Waals surface area contributed by atoms with E-state index in [1.807, 2.05) is 18.2 Å². The van der Waals surface area contributed by atoms with Crippen molar-refractivity contribution in [2.45, 2.75) is 18.8 Å². The number of phenols is 2. The summed E-state index contributed by atoms with van der Waals surface area (Å²) in [6, 6.07) is 10.5. The van der Waals surface area contributed by atoms with Crippen molar-refractivity contribution in [3.63, 3.8) is 0 Å². The van der Waals surface area contributed by atoms with Crippen molar-refractivity contribution >= 4 is 0 Å². The predicted octanol–water partition coefficient (Wildman–Crippen LogP) is 3.28. The summed E-state index contributed by atoms with van der Waals surface area (Å²) in [6.07, 6.45) is 0.0136. The summed E-state index contributed by atoms with van der Waals surface area (Å²) in [7, 11) is 6.33. The Hall–Kier alpha value is -2.48. The molecule has 29 heavy (non-hydrogen) atoms. The molecule has 2 aromatic rings. The third-order valence-electron chi connectivity index (χ3n) is 5.48. The van der Waals surface area contributed by atoms with Crippen LogP contribution >= 0.6 is 0 Å². The molecule has 7 nitrogen and oxygen atoms in total. The van der Waals surface area contributed by atoms with Crippen LogP contribution in [0.5, 0.6) is 23.0 Å². The van der Waals surface area contributed by atoms with Gasteiger partial charge in [0.1, 0.15) is 0 Å². The topological polar surface area (TPSA) is 86.6 Å². The SMILES string of the molecule is COc1cc(C[C@H]2[C@H](OC)OC[C@@H]2[C@@H](OC)c2ccc(O)c(OC)c2)ccc1O. The molecular formula is C22H28O7. The number of hydrogen-bond donors (Lipinski definition) is 2. The van der Waals surface area contributed by atoms with Gasteiger partial charge in [0.2, 0.25) is 0 Å². The van der Waals surface area contributed by atoms with E-state index in [9.17, 15) is 10.2 Å². The van der Waals surface area contributed by atoms with Gasteiger partial charge >= 0.3 is 0 Å². The molecule has 158 valence electrons. The van der Waals surface area contributed by atoms with E-state index in [1.165, 1.54) is 14.2 Å². The maximum Gasteiger partial charge on any atom is 0.160 e. The summed E-state index contributed by atoms with van der Waals surface area (Å²) >= 11 is 0. The first kappa shape index (κ1) is 21.2. The van der Waals surface area contributed by atoms with Crippen LogP contribution in [0.1, 0.15) is 17.2 Å². The number of aromatic hydroxyl groups is 2. The molecule has 0 aromatic heterocycles. The molecular weight excluding hydrogens is 376 g/mol. The number of hydrogen-bond acceptors (Lipinski definition) is 7. The van der Waals surface area contributed by atoms with Crippen LogP contribution in [0.2, 0.25) is 0 Å². The Morgan fingerprint density at radius 3 is 2.24 bits per heavy atom. The summed E-state index contributed by atoms with van der Waals surface area (Å²) in [5.74, 6) is 1.03. The quantitative estimate of drug-likeness (QED) is 0.698. The van der Waals surface area contributed by atoms with Crippen LogP contribution in [0.4, 0.5) is 0 Å². The third-order valence-corrected chi connectivity index (χ3v) is 5.48. The molecule has 1 aliphatic heterocycles. The van der Waals surface area contributed by atoms with Crippen molar-refractivity contribution in [2.75, 3.05) is 35.0 Å². The minimum Gasteiger partial charge on any atom is -0.504 e. The molecule has 0 amide bonds. The standard InChI is InChI=1S/C22H28O7/c1-25-19-10-13(5-7-17(19)23)9-15-16(12-29-22(15)28-4)21(27-3)14-6-8-18(24)20(11-14)26-2/h5-8,10-11,15-16,21-24H,9,12H2,1-4H3/t15-,16+,21+,22-/m1/s1. The van der Waals surface area contributed by atoms with E-state index >= 15 is 0 Å². The molecule has 3 rings (SSSR count). The molecule has 2 N–H and O–H groups in total. The normalized spacial score (nSPS) is 22.4. The Labute approximate surface area is 170 Å². The van der Waals surface area contributed by atoms with Crippen LogP contribution < -0.4 is 9.47 Å². The van der Waals surface area contributed by atoms with Gasteiger partial charge in [0, 0.05) is 26.1 Å². The third kappa shape index (κ3) is 4.42. The van der Waals surface area contributed by atoms with Crippen molar-refractivity contribution in [2.24, 2.45) is 11.8 Å². The van der Waals surface area contributed by atoms with Crippen LogP contribution in [0, 0.1) is 11.8 Å². The van der Waals surface area contributed by atoms with Crippen LogP contribution in [0.3, 0.4) is 0 Å². The maximum atomic E-state index is 9.91. The summed E-state index contributed by atoms with van der Waals surface area (Å²) in [4.78, 5) is 0. The second-order valence-corrected chi connectivity index (χ2v) is 7.06. The fourth-order valence-electron chi connectivity index (χ4n) is 4.01. The second-order valence-electron chi connectivity index (χ2n) is 7.06. The Bertz CT molecular complexity index is 823. The molecule has 1 aliphatic rings. The molecule has 7 heteroatoms. The van der Waals surface area contributed by atoms with E-state index in [0.29, 0.717) is 24.5 Å². The zero-order chi connectivity index (χ0) is 21.0. The fourth-order valence-corrected chi connectivity index (χ4v) is 4.01. The molecule has 1 saturated heterocycles. The first-order valence-electron chi connectivity index (χ1n) is 9.42. The number of rotatable bonds is 8. The molecule has 0 spiro atoms. The van der Waals surface area contributed by atoms with E-state index in [0.717, 1.165) is 11.1 Å². The molecule has 0 bridgehead atoms. The van der Waals surface area contributed by atoms with Gasteiger partial charge in [0.15, 0.2) is 29.3 Å². The molecule has 1 heterocycles. The Kier molecular flexibility index (Phi) is 6.84. The first-order chi connectivity index (χ1) is 14.0. The minimum absolute atomic E-state index is 0.0130. The van der Waals surface area contributed by atoms with Gasteiger partial charge in [0.05, 0.1) is 26.9 Å². The first-order valence-corrected chi connectivity index (χ1v) is 9.42. The van der Waals surface area contributed by atoms with E-state index in [1.54, 1.807) is 32.4 Å². The number of benzene rings is 2. The monoisotopic (exact) mass is 404 g/mol. The smallest absolute Gasteiger partial charge is 0.160 e. The highest BCUT2D eigenvalue weighted by atomic mass is 16.7. The van der Waals surface area contributed by atoms with E-state index in [4.69, 9.17) is 23.7 Å². The molecule has 0 saturated carbocycles. The van der Waals surface area contributed by atoms with E-state index in [-0.39, 0.29) is 35.7 Å². The average molecular weight is 404 g/mol. The highest BCUT2D eigenvalue weighted by molar-refractivity contribution is 5.43. The van der Waals surface area contributed by atoms with Gasteiger partial charge in [-0.2, -0.15) is 0 Å². The van der Waals surface area contributed by atoms with Gasteiger partial charge in [0.25, 0.3) is 0 Å². The predicted molar refractivity (Wildman–Crippen MR) is 107 cm³/mol. The molecule has 2 aromatic carbocycles. The molecule has 0 unspecified atom stereocenters. The highest BCUT2D eigenvalue weighted by Crippen LogP contribution is 2.42. The zero-order valence-electron chi connectivity index (χ0n) is 17.1. The van der Waals surface area contributed by atoms with E-state index in [2.05, 4.69) is 0 Å². The lowest BCUT2D eigenvalue weighted by Gasteiger charge is -2.28. The maximum absolute atomic E-state index is 9.91. The molecule has 0 radical (unpaired) electrons. The van der Waals surface area contributed by atoms with Gasteiger partial charge in [-0.15, -0.1) is 0 Å². The summed E-state index contributed by atoms with van der Waals surface area (Å²) in [5, 5.41) is 19.8. The van der Waals surface area contributed by atoms with Crippen LogP contribution in [0.15, 0.2) is 36.4 Å². The lowest BCUT2D eigenvalue weighted by molar-refractivity contribution is -0.110.